The van der Waals surface area contributed by atoms with Gasteiger partial charge in [0.25, 0.3) is 11.8 Å². The van der Waals surface area contributed by atoms with Crippen LogP contribution in [0.3, 0.4) is 0 Å². The van der Waals surface area contributed by atoms with Crippen LogP contribution < -0.4 is 10.1 Å². The van der Waals surface area contributed by atoms with E-state index in [0.717, 1.165) is 5.01 Å². The van der Waals surface area contributed by atoms with E-state index in [-0.39, 0.29) is 17.6 Å². The second kappa shape index (κ2) is 5.13. The number of rotatable bonds is 4. The summed E-state index contributed by atoms with van der Waals surface area (Å²) in [5, 5.41) is 15.3. The van der Waals surface area contributed by atoms with Crippen molar-refractivity contribution in [3.8, 4) is 5.88 Å². The lowest BCUT2D eigenvalue weighted by molar-refractivity contribution is 0.0987. The maximum absolute atomic E-state index is 11.8. The molecule has 0 spiro atoms. The van der Waals surface area contributed by atoms with Crippen LogP contribution in [0.5, 0.6) is 5.88 Å². The van der Waals surface area contributed by atoms with Gasteiger partial charge in [-0.25, -0.2) is 0 Å². The van der Waals surface area contributed by atoms with Gasteiger partial charge < -0.3 is 9.26 Å². The number of carbonyl (C=O) groups excluding carboxylic acids is 1. The number of ether oxygens (including phenoxy) is 1. The maximum Gasteiger partial charge on any atom is 0.296 e. The summed E-state index contributed by atoms with van der Waals surface area (Å²) in [6, 6.07) is 1.40. The van der Waals surface area contributed by atoms with E-state index in [1.54, 1.807) is 0 Å². The number of nitrogens with zero attached hydrogens (tertiary/aromatic N) is 3. The van der Waals surface area contributed by atoms with E-state index < -0.39 is 5.91 Å². The summed E-state index contributed by atoms with van der Waals surface area (Å²) in [6.07, 6.45) is 0. The minimum atomic E-state index is -0.433. The molecule has 7 nitrogen and oxygen atoms in total. The van der Waals surface area contributed by atoms with E-state index in [2.05, 4.69) is 20.7 Å². The van der Waals surface area contributed by atoms with Crippen molar-refractivity contribution in [2.45, 2.75) is 19.8 Å². The van der Waals surface area contributed by atoms with Gasteiger partial charge in [-0.1, -0.05) is 25.2 Å². The van der Waals surface area contributed by atoms with Gasteiger partial charge in [0, 0.05) is 5.92 Å². The molecule has 0 aliphatic rings. The Morgan fingerprint density at radius 3 is 2.83 bits per heavy atom. The van der Waals surface area contributed by atoms with Crippen LogP contribution in [0, 0.1) is 0 Å². The second-order valence-corrected chi connectivity index (χ2v) is 4.80. The summed E-state index contributed by atoms with van der Waals surface area (Å²) in [4.78, 5) is 11.8. The minimum absolute atomic E-state index is 0.0631. The van der Waals surface area contributed by atoms with Gasteiger partial charge in [-0.15, -0.1) is 10.2 Å². The molecule has 0 aliphatic heterocycles. The molecule has 0 radical (unpaired) electrons. The monoisotopic (exact) mass is 268 g/mol. The highest BCUT2D eigenvalue weighted by atomic mass is 32.1. The van der Waals surface area contributed by atoms with Gasteiger partial charge in [0.2, 0.25) is 10.9 Å². The summed E-state index contributed by atoms with van der Waals surface area (Å²) in [6.45, 7) is 4.01. The van der Waals surface area contributed by atoms with Crippen molar-refractivity contribution in [3.05, 3.63) is 16.8 Å². The van der Waals surface area contributed by atoms with Crippen LogP contribution in [-0.4, -0.2) is 28.4 Å². The maximum atomic E-state index is 11.8. The highest BCUT2D eigenvalue weighted by Gasteiger charge is 2.16. The Balaban J connectivity index is 2.06. The SMILES string of the molecule is COc1cc(C(=O)Nc2nnc(C(C)C)s2)on1. The van der Waals surface area contributed by atoms with Crippen LogP contribution in [0.15, 0.2) is 10.6 Å². The van der Waals surface area contributed by atoms with E-state index in [0.29, 0.717) is 5.13 Å². The zero-order chi connectivity index (χ0) is 13.1. The topological polar surface area (TPSA) is 90.1 Å². The average molecular weight is 268 g/mol. The van der Waals surface area contributed by atoms with Gasteiger partial charge in [0.05, 0.1) is 13.2 Å². The smallest absolute Gasteiger partial charge is 0.296 e. The van der Waals surface area contributed by atoms with E-state index in [1.807, 2.05) is 13.8 Å². The Hall–Kier alpha value is -1.96. The van der Waals surface area contributed by atoms with E-state index in [1.165, 1.54) is 24.5 Å². The fourth-order valence-corrected chi connectivity index (χ4v) is 1.88. The summed E-state index contributed by atoms with van der Waals surface area (Å²) in [5.74, 6) is 0.157. The molecule has 0 atom stereocenters. The third kappa shape index (κ3) is 2.65. The van der Waals surface area contributed by atoms with E-state index in [9.17, 15) is 4.79 Å². The molecular weight excluding hydrogens is 256 g/mol. The summed E-state index contributed by atoms with van der Waals surface area (Å²) < 4.78 is 9.63. The van der Waals surface area contributed by atoms with Crippen molar-refractivity contribution < 1.29 is 14.1 Å². The van der Waals surface area contributed by atoms with Crippen LogP contribution in [0.4, 0.5) is 5.13 Å². The van der Waals surface area contributed by atoms with Crippen molar-refractivity contribution in [3.63, 3.8) is 0 Å². The molecule has 0 saturated heterocycles. The van der Waals surface area contributed by atoms with Gasteiger partial charge in [-0.2, -0.15) is 0 Å². The van der Waals surface area contributed by atoms with Crippen molar-refractivity contribution >= 4 is 22.4 Å². The molecule has 2 rings (SSSR count). The molecule has 0 aromatic carbocycles. The average Bonchev–Trinajstić information content (AvgIpc) is 2.96. The van der Waals surface area contributed by atoms with Gasteiger partial charge in [0.15, 0.2) is 0 Å². The van der Waals surface area contributed by atoms with E-state index in [4.69, 9.17) is 9.26 Å². The second-order valence-electron chi connectivity index (χ2n) is 3.79. The Bertz CT molecular complexity index is 549. The number of aromatic nitrogens is 3. The number of amides is 1. The molecule has 18 heavy (non-hydrogen) atoms. The quantitative estimate of drug-likeness (QED) is 0.910. The highest BCUT2D eigenvalue weighted by molar-refractivity contribution is 7.15. The lowest BCUT2D eigenvalue weighted by Gasteiger charge is -1.96. The number of anilines is 1. The molecule has 0 fully saturated rings. The standard InChI is InChI=1S/C10H12N4O3S/c1-5(2)9-12-13-10(18-9)11-8(15)6-4-7(16-3)14-17-6/h4-5H,1-3H3,(H,11,13,15). The fraction of sp³-hybridized carbons (Fsp3) is 0.400. The number of methoxy groups -OCH3 is 1. The van der Waals surface area contributed by atoms with Crippen molar-refractivity contribution in [2.75, 3.05) is 12.4 Å². The predicted octanol–water partition coefficient (Wildman–Crippen LogP) is 1.91. The number of hydrogen-bond donors (Lipinski definition) is 1. The molecule has 96 valence electrons. The molecule has 0 unspecified atom stereocenters. The van der Waals surface area contributed by atoms with Crippen LogP contribution in [0.1, 0.15) is 35.3 Å². The third-order valence-electron chi connectivity index (χ3n) is 2.08. The number of nitrogens with one attached hydrogen (secondary N) is 1. The molecule has 0 aliphatic carbocycles. The van der Waals surface area contributed by atoms with Crippen molar-refractivity contribution in [1.82, 2.24) is 15.4 Å². The van der Waals surface area contributed by atoms with Crippen LogP contribution in [0.2, 0.25) is 0 Å². The van der Waals surface area contributed by atoms with Gasteiger partial charge >= 0.3 is 0 Å². The van der Waals surface area contributed by atoms with Crippen LogP contribution in [0.25, 0.3) is 0 Å². The summed E-state index contributed by atoms with van der Waals surface area (Å²) >= 11 is 1.33. The van der Waals surface area contributed by atoms with Crippen LogP contribution >= 0.6 is 11.3 Å². The van der Waals surface area contributed by atoms with Gasteiger partial charge in [-0.05, 0) is 5.16 Å². The first-order valence-electron chi connectivity index (χ1n) is 5.25. The Morgan fingerprint density at radius 1 is 1.50 bits per heavy atom. The third-order valence-corrected chi connectivity index (χ3v) is 3.22. The van der Waals surface area contributed by atoms with Gasteiger partial charge in [0.1, 0.15) is 5.01 Å². The summed E-state index contributed by atoms with van der Waals surface area (Å²) in [5.41, 5.74) is 0. The predicted molar refractivity (Wildman–Crippen MR) is 65.0 cm³/mol. The first-order chi connectivity index (χ1) is 8.60. The number of hydrogen-bond acceptors (Lipinski definition) is 7. The van der Waals surface area contributed by atoms with Crippen molar-refractivity contribution in [2.24, 2.45) is 0 Å². The normalized spacial score (nSPS) is 10.7. The van der Waals surface area contributed by atoms with Gasteiger partial charge in [-0.3, -0.25) is 10.1 Å². The number of carbonyl (C=O) groups is 1. The first kappa shape index (κ1) is 12.5. The Kier molecular flexibility index (Phi) is 3.56. The van der Waals surface area contributed by atoms with Crippen LogP contribution in [-0.2, 0) is 0 Å². The van der Waals surface area contributed by atoms with E-state index >= 15 is 0 Å². The molecular formula is C10H12N4O3S. The molecule has 0 saturated carbocycles. The molecule has 2 aromatic heterocycles. The molecule has 2 aromatic rings. The first-order valence-corrected chi connectivity index (χ1v) is 6.07. The zero-order valence-corrected chi connectivity index (χ0v) is 10.9. The Labute approximate surface area is 107 Å². The molecule has 2 heterocycles. The van der Waals surface area contributed by atoms with Crippen molar-refractivity contribution in [1.29, 1.82) is 0 Å². The summed E-state index contributed by atoms with van der Waals surface area (Å²) in [7, 11) is 1.44. The minimum Gasteiger partial charge on any atom is -0.479 e. The molecule has 1 N–H and O–H groups in total. The lowest BCUT2D eigenvalue weighted by Crippen LogP contribution is -2.10. The lowest BCUT2D eigenvalue weighted by atomic mass is 10.2. The zero-order valence-electron chi connectivity index (χ0n) is 10.1. The highest BCUT2D eigenvalue weighted by Crippen LogP contribution is 2.23. The molecule has 1 amide bonds. The Morgan fingerprint density at radius 2 is 2.28 bits per heavy atom. The largest absolute Gasteiger partial charge is 0.479 e. The molecule has 8 heteroatoms. The molecule has 0 bridgehead atoms. The fourth-order valence-electron chi connectivity index (χ4n) is 1.14.